The van der Waals surface area contributed by atoms with E-state index in [1.165, 1.54) is 6.42 Å². The maximum atomic E-state index is 13.6. The average molecular weight is 439 g/mol. The summed E-state index contributed by atoms with van der Waals surface area (Å²) in [5.41, 5.74) is 4.10. The van der Waals surface area contributed by atoms with Gasteiger partial charge in [-0.05, 0) is 49.8 Å². The normalized spacial score (nSPS) is 18.8. The molecule has 4 nitrogen and oxygen atoms in total. The topological polar surface area (TPSA) is 55.4 Å². The van der Waals surface area contributed by atoms with Crippen LogP contribution in [0.25, 0.3) is 0 Å². The van der Waals surface area contributed by atoms with Crippen LogP contribution in [0, 0.1) is 13.8 Å². The first kappa shape index (κ1) is 22.0. The van der Waals surface area contributed by atoms with Crippen LogP contribution in [0.4, 0.5) is 5.69 Å². The number of anilines is 1. The minimum absolute atomic E-state index is 0.134. The Bertz CT molecular complexity index is 926. The summed E-state index contributed by atoms with van der Waals surface area (Å²) in [6, 6.07) is 15.9. The molecule has 2 aromatic rings. The fraction of sp³-hybridized carbons (Fsp3) is 0.462. The number of hydrogen-bond acceptors (Lipinski definition) is 3. The van der Waals surface area contributed by atoms with Gasteiger partial charge in [0.1, 0.15) is 6.61 Å². The summed E-state index contributed by atoms with van der Waals surface area (Å²) >= 11 is 0. The summed E-state index contributed by atoms with van der Waals surface area (Å²) in [7, 11) is -1.77. The Labute approximate surface area is 186 Å². The molecule has 1 heterocycles. The summed E-state index contributed by atoms with van der Waals surface area (Å²) in [5.74, 6) is 0.00114. The van der Waals surface area contributed by atoms with E-state index in [0.29, 0.717) is 12.8 Å². The Morgan fingerprint density at radius 1 is 0.935 bits per heavy atom. The summed E-state index contributed by atoms with van der Waals surface area (Å²) in [5, 5.41) is 2.93. The van der Waals surface area contributed by atoms with Crippen molar-refractivity contribution in [2.24, 2.45) is 0 Å². The van der Waals surface area contributed by atoms with Gasteiger partial charge < -0.3 is 10.1 Å². The Kier molecular flexibility index (Phi) is 6.48. The third kappa shape index (κ3) is 4.55. The predicted molar refractivity (Wildman–Crippen MR) is 128 cm³/mol. The molecule has 0 atom stereocenters. The monoisotopic (exact) mass is 438 g/mol. The lowest BCUT2D eigenvalue weighted by Gasteiger charge is -2.36. The number of ether oxygens (including phenoxy) is 1. The second kappa shape index (κ2) is 9.12. The van der Waals surface area contributed by atoms with Crippen molar-refractivity contribution in [1.29, 1.82) is 0 Å². The Hall–Kier alpha value is -2.19. The maximum absolute atomic E-state index is 13.6. The van der Waals surface area contributed by atoms with Crippen LogP contribution in [-0.2, 0) is 20.9 Å². The van der Waals surface area contributed by atoms with Gasteiger partial charge in [-0.25, -0.2) is 4.79 Å². The first-order valence-electron chi connectivity index (χ1n) is 11.4. The van der Waals surface area contributed by atoms with Gasteiger partial charge in [-0.2, -0.15) is 0 Å². The first-order valence-corrected chi connectivity index (χ1v) is 13.7. The minimum atomic E-state index is -1.77. The Balaban J connectivity index is 1.51. The van der Waals surface area contributed by atoms with E-state index in [1.54, 1.807) is 0 Å². The number of aryl methyl sites for hydroxylation is 2. The van der Waals surface area contributed by atoms with Crippen molar-refractivity contribution >= 4 is 24.8 Å². The predicted octanol–water partition coefficient (Wildman–Crippen LogP) is 5.72. The van der Waals surface area contributed by atoms with Crippen LogP contribution in [0.15, 0.2) is 48.5 Å². The van der Waals surface area contributed by atoms with Gasteiger partial charge in [0, 0.05) is 25.8 Å². The first-order chi connectivity index (χ1) is 15.0. The summed E-state index contributed by atoms with van der Waals surface area (Å²) in [6.07, 6.45) is 7.78. The minimum Gasteiger partial charge on any atom is -0.458 e. The van der Waals surface area contributed by atoms with Crippen molar-refractivity contribution < 1.29 is 14.3 Å². The maximum Gasteiger partial charge on any atom is 0.344 e. The molecule has 1 aliphatic carbocycles. The highest BCUT2D eigenvalue weighted by Gasteiger charge is 2.71. The lowest BCUT2D eigenvalue weighted by Crippen LogP contribution is -2.39. The SMILES string of the molecule is Cc1cccc(C)c1NC(=O)C1([P+]2(CC(=O)OCc3ccccc3)CCCCC2)CC1. The summed E-state index contributed by atoms with van der Waals surface area (Å²) in [6.45, 7) is 4.38. The van der Waals surface area contributed by atoms with E-state index < -0.39 is 7.26 Å². The van der Waals surface area contributed by atoms with Gasteiger partial charge in [0.25, 0.3) is 5.91 Å². The van der Waals surface area contributed by atoms with Crippen LogP contribution in [0.2, 0.25) is 0 Å². The number of benzene rings is 2. The largest absolute Gasteiger partial charge is 0.458 e. The van der Waals surface area contributed by atoms with E-state index in [2.05, 4.69) is 5.32 Å². The molecular weight excluding hydrogens is 405 g/mol. The molecule has 5 heteroatoms. The van der Waals surface area contributed by atoms with Crippen molar-refractivity contribution in [3.63, 3.8) is 0 Å². The highest BCUT2D eigenvalue weighted by Crippen LogP contribution is 2.79. The molecule has 1 N–H and O–H groups in total. The Morgan fingerprint density at radius 2 is 1.58 bits per heavy atom. The fourth-order valence-corrected chi connectivity index (χ4v) is 10.7. The zero-order valence-electron chi connectivity index (χ0n) is 18.7. The van der Waals surface area contributed by atoms with E-state index in [9.17, 15) is 9.59 Å². The van der Waals surface area contributed by atoms with Crippen LogP contribution in [0.5, 0.6) is 0 Å². The third-order valence-corrected chi connectivity index (χ3v) is 12.8. The molecule has 2 fully saturated rings. The standard InChI is InChI=1S/C26H32NO3P/c1-20-10-9-11-21(2)24(20)27-25(29)26(14-15-26)31(16-7-4-8-17-31)19-23(28)30-18-22-12-5-3-6-13-22/h3,5-6,9-13H,4,7-8,14-19H2,1-2H3/p+1. The van der Waals surface area contributed by atoms with Crippen molar-refractivity contribution in [3.05, 3.63) is 65.2 Å². The van der Waals surface area contributed by atoms with E-state index in [4.69, 9.17) is 4.74 Å². The lowest BCUT2D eigenvalue weighted by molar-refractivity contribution is -0.141. The molecule has 4 rings (SSSR count). The molecule has 0 spiro atoms. The van der Waals surface area contributed by atoms with Crippen LogP contribution in [0.1, 0.15) is 48.8 Å². The van der Waals surface area contributed by atoms with Crippen LogP contribution in [-0.4, -0.2) is 35.5 Å². The van der Waals surface area contributed by atoms with Gasteiger partial charge in [0.15, 0.2) is 11.3 Å². The molecule has 164 valence electrons. The van der Waals surface area contributed by atoms with Crippen molar-refractivity contribution in [3.8, 4) is 0 Å². The number of nitrogens with one attached hydrogen (secondary N) is 1. The Morgan fingerprint density at radius 3 is 2.19 bits per heavy atom. The molecule has 1 saturated carbocycles. The number of hydrogen-bond donors (Lipinski definition) is 1. The quantitative estimate of drug-likeness (QED) is 0.444. The van der Waals surface area contributed by atoms with E-state index in [0.717, 1.165) is 60.4 Å². The van der Waals surface area contributed by atoms with Crippen LogP contribution in [0.3, 0.4) is 0 Å². The fourth-order valence-electron chi connectivity index (χ4n) is 5.16. The number of carbonyl (C=O) groups excluding carboxylic acids is 2. The highest BCUT2D eigenvalue weighted by atomic mass is 31.2. The van der Waals surface area contributed by atoms with E-state index >= 15 is 0 Å². The van der Waals surface area contributed by atoms with Gasteiger partial charge in [0.05, 0.1) is 12.3 Å². The molecule has 0 radical (unpaired) electrons. The van der Waals surface area contributed by atoms with Crippen molar-refractivity contribution in [2.45, 2.75) is 57.7 Å². The number of para-hydroxylation sites is 1. The zero-order valence-corrected chi connectivity index (χ0v) is 19.5. The molecule has 0 bridgehead atoms. The number of amides is 1. The molecule has 31 heavy (non-hydrogen) atoms. The van der Waals surface area contributed by atoms with Gasteiger partial charge in [-0.1, -0.05) is 48.5 Å². The summed E-state index contributed by atoms with van der Waals surface area (Å²) < 4.78 is 5.67. The zero-order chi connectivity index (χ0) is 21.9. The molecule has 1 aliphatic heterocycles. The van der Waals surface area contributed by atoms with Gasteiger partial charge in [-0.15, -0.1) is 0 Å². The second-order valence-electron chi connectivity index (χ2n) is 9.21. The summed E-state index contributed by atoms with van der Waals surface area (Å²) in [4.78, 5) is 26.6. The third-order valence-electron chi connectivity index (χ3n) is 7.12. The van der Waals surface area contributed by atoms with Crippen LogP contribution >= 0.6 is 7.26 Å². The molecule has 0 unspecified atom stereocenters. The number of carbonyl (C=O) groups is 2. The van der Waals surface area contributed by atoms with Gasteiger partial charge in [-0.3, -0.25) is 4.79 Å². The van der Waals surface area contributed by atoms with Crippen molar-refractivity contribution in [1.82, 2.24) is 0 Å². The smallest absolute Gasteiger partial charge is 0.344 e. The number of rotatable bonds is 7. The molecule has 1 amide bonds. The van der Waals surface area contributed by atoms with Gasteiger partial charge >= 0.3 is 5.97 Å². The van der Waals surface area contributed by atoms with Crippen LogP contribution < -0.4 is 5.32 Å². The highest BCUT2D eigenvalue weighted by molar-refractivity contribution is 7.79. The van der Waals surface area contributed by atoms with Crippen molar-refractivity contribution in [2.75, 3.05) is 23.8 Å². The number of esters is 1. The van der Waals surface area contributed by atoms with E-state index in [-0.39, 0.29) is 17.0 Å². The molecule has 2 aromatic carbocycles. The van der Waals surface area contributed by atoms with Gasteiger partial charge in [0.2, 0.25) is 0 Å². The van der Waals surface area contributed by atoms with E-state index in [1.807, 2.05) is 62.4 Å². The second-order valence-corrected chi connectivity index (χ2v) is 13.6. The molecule has 1 saturated heterocycles. The molecule has 2 aliphatic rings. The molecular formula is C26H33NO3P+. The average Bonchev–Trinajstić information content (AvgIpc) is 3.59. The molecule has 0 aromatic heterocycles. The lowest BCUT2D eigenvalue weighted by atomic mass is 10.1.